The Hall–Kier alpha value is -2.16. The predicted molar refractivity (Wildman–Crippen MR) is 87.8 cm³/mol. The minimum atomic E-state index is -0.281. The van der Waals surface area contributed by atoms with Gasteiger partial charge in [-0.05, 0) is 43.4 Å². The molecule has 1 aromatic rings. The molecule has 0 bridgehead atoms. The second kappa shape index (κ2) is 6.53. The third kappa shape index (κ3) is 3.13. The molecule has 110 valence electrons. The number of hydrogen-bond donors (Lipinski definition) is 1. The molecule has 3 heteroatoms. The van der Waals surface area contributed by atoms with Crippen LogP contribution in [0.3, 0.4) is 0 Å². The minimum absolute atomic E-state index is 0.281. The van der Waals surface area contributed by atoms with E-state index in [1.54, 1.807) is 19.1 Å². The van der Waals surface area contributed by atoms with Crippen molar-refractivity contribution in [2.75, 3.05) is 0 Å². The van der Waals surface area contributed by atoms with Crippen LogP contribution in [-0.2, 0) is 0 Å². The van der Waals surface area contributed by atoms with Crippen molar-refractivity contribution >= 4 is 11.8 Å². The highest BCUT2D eigenvalue weighted by molar-refractivity contribution is 6.09. The SMILES string of the molecule is C=CC(=N/C=C(\C)N)c1ccc(C2CCC2)c(C=C)c1F. The van der Waals surface area contributed by atoms with Gasteiger partial charge in [-0.2, -0.15) is 0 Å². The van der Waals surface area contributed by atoms with Crippen molar-refractivity contribution in [2.45, 2.75) is 32.1 Å². The summed E-state index contributed by atoms with van der Waals surface area (Å²) in [6.07, 6.45) is 8.09. The first-order valence-corrected chi connectivity index (χ1v) is 7.16. The Morgan fingerprint density at radius 2 is 2.10 bits per heavy atom. The van der Waals surface area contributed by atoms with Crippen LogP contribution < -0.4 is 5.73 Å². The van der Waals surface area contributed by atoms with Gasteiger partial charge in [0.1, 0.15) is 5.82 Å². The van der Waals surface area contributed by atoms with Crippen molar-refractivity contribution in [3.8, 4) is 0 Å². The summed E-state index contributed by atoms with van der Waals surface area (Å²) >= 11 is 0. The zero-order valence-corrected chi connectivity index (χ0v) is 12.4. The van der Waals surface area contributed by atoms with Gasteiger partial charge >= 0.3 is 0 Å². The Labute approximate surface area is 125 Å². The van der Waals surface area contributed by atoms with Gasteiger partial charge in [0.25, 0.3) is 0 Å². The molecule has 0 spiro atoms. The highest BCUT2D eigenvalue weighted by Gasteiger charge is 2.24. The fourth-order valence-electron chi connectivity index (χ4n) is 2.49. The molecule has 0 amide bonds. The summed E-state index contributed by atoms with van der Waals surface area (Å²) in [4.78, 5) is 4.19. The Morgan fingerprint density at radius 3 is 2.57 bits per heavy atom. The van der Waals surface area contributed by atoms with E-state index in [1.165, 1.54) is 18.7 Å². The van der Waals surface area contributed by atoms with Crippen LogP contribution in [0.5, 0.6) is 0 Å². The third-order valence-electron chi connectivity index (χ3n) is 3.84. The summed E-state index contributed by atoms with van der Waals surface area (Å²) in [7, 11) is 0. The first kappa shape index (κ1) is 15.2. The average molecular weight is 284 g/mol. The summed E-state index contributed by atoms with van der Waals surface area (Å²) in [5, 5.41) is 0. The van der Waals surface area contributed by atoms with Crippen LogP contribution >= 0.6 is 0 Å². The molecule has 0 aromatic heterocycles. The molecule has 21 heavy (non-hydrogen) atoms. The zero-order chi connectivity index (χ0) is 15.4. The van der Waals surface area contributed by atoms with Crippen molar-refractivity contribution in [1.82, 2.24) is 0 Å². The molecule has 1 fully saturated rings. The van der Waals surface area contributed by atoms with Gasteiger partial charge in [-0.25, -0.2) is 4.39 Å². The first-order valence-electron chi connectivity index (χ1n) is 7.16. The van der Waals surface area contributed by atoms with Crippen LogP contribution in [0.25, 0.3) is 6.08 Å². The van der Waals surface area contributed by atoms with Crippen LogP contribution in [0.1, 0.15) is 48.8 Å². The van der Waals surface area contributed by atoms with E-state index >= 15 is 0 Å². The van der Waals surface area contributed by atoms with Crippen LogP contribution in [-0.4, -0.2) is 5.71 Å². The van der Waals surface area contributed by atoms with E-state index < -0.39 is 0 Å². The Bertz CT molecular complexity index is 618. The van der Waals surface area contributed by atoms with Gasteiger partial charge in [0.15, 0.2) is 0 Å². The fourth-order valence-corrected chi connectivity index (χ4v) is 2.49. The molecule has 1 aliphatic rings. The lowest BCUT2D eigenvalue weighted by Crippen LogP contribution is -2.13. The molecule has 1 aromatic carbocycles. The van der Waals surface area contributed by atoms with Gasteiger partial charge < -0.3 is 5.73 Å². The molecule has 1 saturated carbocycles. The molecule has 2 nitrogen and oxygen atoms in total. The van der Waals surface area contributed by atoms with Crippen molar-refractivity contribution in [2.24, 2.45) is 10.7 Å². The van der Waals surface area contributed by atoms with Gasteiger partial charge in [0.05, 0.1) is 5.71 Å². The molecule has 0 heterocycles. The number of allylic oxidation sites excluding steroid dienone is 2. The summed E-state index contributed by atoms with van der Waals surface area (Å²) in [5.41, 5.74) is 8.66. The second-order valence-corrected chi connectivity index (χ2v) is 5.35. The molecule has 0 saturated heterocycles. The van der Waals surface area contributed by atoms with E-state index in [-0.39, 0.29) is 5.82 Å². The van der Waals surface area contributed by atoms with Crippen LogP contribution in [0.15, 0.2) is 48.3 Å². The number of nitrogens with two attached hydrogens (primary N) is 1. The molecular formula is C18H21FN2. The molecule has 0 aliphatic heterocycles. The number of rotatable bonds is 5. The van der Waals surface area contributed by atoms with E-state index in [1.807, 2.05) is 6.07 Å². The Morgan fingerprint density at radius 1 is 1.38 bits per heavy atom. The minimum Gasteiger partial charge on any atom is -0.401 e. The summed E-state index contributed by atoms with van der Waals surface area (Å²) < 4.78 is 14.8. The second-order valence-electron chi connectivity index (χ2n) is 5.35. The topological polar surface area (TPSA) is 38.4 Å². The summed E-state index contributed by atoms with van der Waals surface area (Å²) in [6.45, 7) is 9.19. The average Bonchev–Trinajstić information content (AvgIpc) is 2.39. The molecule has 2 N–H and O–H groups in total. The smallest absolute Gasteiger partial charge is 0.140 e. The van der Waals surface area contributed by atoms with Gasteiger partial charge in [0.2, 0.25) is 0 Å². The Balaban J connectivity index is 2.50. The van der Waals surface area contributed by atoms with Gasteiger partial charge in [0, 0.05) is 23.0 Å². The standard InChI is InChI=1S/C18H21FN2/c1-4-14-15(13-7-6-8-13)9-10-16(18(14)19)17(5-2)21-11-12(3)20/h4-5,9-11,13H,1-2,6-8,20H2,3H3/b12-11+,21-17?. The first-order chi connectivity index (χ1) is 10.1. The zero-order valence-electron chi connectivity index (χ0n) is 12.4. The van der Waals surface area contributed by atoms with Crippen LogP contribution in [0.4, 0.5) is 4.39 Å². The van der Waals surface area contributed by atoms with E-state index in [0.717, 1.165) is 18.4 Å². The molecule has 2 rings (SSSR count). The molecule has 0 atom stereocenters. The quantitative estimate of drug-likeness (QED) is 0.792. The van der Waals surface area contributed by atoms with Gasteiger partial charge in [-0.15, -0.1) is 0 Å². The number of halogens is 1. The maximum absolute atomic E-state index is 14.8. The lowest BCUT2D eigenvalue weighted by Gasteiger charge is -2.28. The van der Waals surface area contributed by atoms with E-state index in [0.29, 0.717) is 28.5 Å². The van der Waals surface area contributed by atoms with Crippen LogP contribution in [0, 0.1) is 5.82 Å². The lowest BCUT2D eigenvalue weighted by molar-refractivity contribution is 0.417. The Kier molecular flexibility index (Phi) is 4.73. The van der Waals surface area contributed by atoms with E-state index in [4.69, 9.17) is 5.73 Å². The van der Waals surface area contributed by atoms with Crippen molar-refractivity contribution in [3.63, 3.8) is 0 Å². The number of nitrogens with zero attached hydrogens (tertiary/aromatic N) is 1. The van der Waals surface area contributed by atoms with Crippen LogP contribution in [0.2, 0.25) is 0 Å². The van der Waals surface area contributed by atoms with Crippen molar-refractivity contribution in [1.29, 1.82) is 0 Å². The van der Waals surface area contributed by atoms with E-state index in [2.05, 4.69) is 18.2 Å². The van der Waals surface area contributed by atoms with Crippen molar-refractivity contribution in [3.05, 3.63) is 65.8 Å². The number of benzene rings is 1. The summed E-state index contributed by atoms with van der Waals surface area (Å²) in [5.74, 6) is 0.174. The van der Waals surface area contributed by atoms with Gasteiger partial charge in [-0.3, -0.25) is 4.99 Å². The molecular weight excluding hydrogens is 263 g/mol. The predicted octanol–water partition coefficient (Wildman–Crippen LogP) is 4.53. The fraction of sp³-hybridized carbons (Fsp3) is 0.278. The maximum atomic E-state index is 14.8. The maximum Gasteiger partial charge on any atom is 0.140 e. The van der Waals surface area contributed by atoms with E-state index in [9.17, 15) is 4.39 Å². The van der Waals surface area contributed by atoms with Gasteiger partial charge in [-0.1, -0.05) is 31.7 Å². The third-order valence-corrected chi connectivity index (χ3v) is 3.84. The number of aliphatic imine (C=N–C) groups is 1. The molecule has 0 unspecified atom stereocenters. The largest absolute Gasteiger partial charge is 0.401 e. The highest BCUT2D eigenvalue weighted by Crippen LogP contribution is 2.39. The molecule has 1 aliphatic carbocycles. The highest BCUT2D eigenvalue weighted by atomic mass is 19.1. The van der Waals surface area contributed by atoms with Crippen molar-refractivity contribution < 1.29 is 4.39 Å². The normalized spacial score (nSPS) is 16.5. The number of hydrogen-bond acceptors (Lipinski definition) is 2. The monoisotopic (exact) mass is 284 g/mol. The molecule has 0 radical (unpaired) electrons. The lowest BCUT2D eigenvalue weighted by atomic mass is 9.77. The summed E-state index contributed by atoms with van der Waals surface area (Å²) in [6, 6.07) is 3.76.